The lowest BCUT2D eigenvalue weighted by molar-refractivity contribution is -0.138. The summed E-state index contributed by atoms with van der Waals surface area (Å²) in [6, 6.07) is 3.02. The van der Waals surface area contributed by atoms with Gasteiger partial charge in [0, 0.05) is 37.1 Å². The molecule has 1 N–H and O–H groups in total. The Morgan fingerprint density at radius 3 is 2.45 bits per heavy atom. The number of aryl methyl sites for hydroxylation is 2. The summed E-state index contributed by atoms with van der Waals surface area (Å²) in [6.07, 6.45) is 2.65. The summed E-state index contributed by atoms with van der Waals surface area (Å²) < 4.78 is 72.4. The second kappa shape index (κ2) is 12.1. The van der Waals surface area contributed by atoms with Crippen molar-refractivity contribution in [2.45, 2.75) is 56.9 Å². The minimum Gasteiger partial charge on any atom is -0.326 e. The maximum Gasteiger partial charge on any atom is 0.318 e. The van der Waals surface area contributed by atoms with Gasteiger partial charge in [-0.2, -0.15) is 4.31 Å². The SMILES string of the molecule is Cc1ncc(-c2cc(CN(CO[PH](=O)O)C(=O)[C@@H]3C[C@@H](F)[C@H](C)N3S(=O)(=O)c3ccc(F)cc3)c(C)cn2)cn1. The zero-order valence-electron chi connectivity index (χ0n) is 21.9. The molecule has 40 heavy (non-hydrogen) atoms. The molecule has 0 bridgehead atoms. The molecule has 0 aliphatic carbocycles. The topological polar surface area (TPSA) is 143 Å². The molecule has 1 aliphatic heterocycles. The molecule has 4 rings (SSSR count). The van der Waals surface area contributed by atoms with Gasteiger partial charge in [0.2, 0.25) is 15.9 Å². The highest BCUT2D eigenvalue weighted by molar-refractivity contribution is 7.89. The van der Waals surface area contributed by atoms with E-state index in [0.717, 1.165) is 33.5 Å². The first-order valence-corrected chi connectivity index (χ1v) is 14.9. The molecule has 1 amide bonds. The first kappa shape index (κ1) is 29.8. The lowest BCUT2D eigenvalue weighted by Gasteiger charge is -2.31. The van der Waals surface area contributed by atoms with Crippen LogP contribution >= 0.6 is 8.25 Å². The van der Waals surface area contributed by atoms with Crippen molar-refractivity contribution >= 4 is 24.2 Å². The second-order valence-electron chi connectivity index (χ2n) is 9.39. The Bertz CT molecular complexity index is 1510. The highest BCUT2D eigenvalue weighted by Gasteiger charge is 2.50. The first-order chi connectivity index (χ1) is 18.9. The standard InChI is InChI=1S/C25H28F2N5O6PS/c1-15-10-30-23(19-11-28-17(3)29-12-19)8-18(15)13-31(14-38-39(34)35)25(33)24-9-22(27)16(2)32(24)40(36,37)21-6-4-20(26)5-7-21/h4-8,10-12,16,22,24,39H,9,13-14H2,1-3H3,(H,34,35)/t16-,22+,24-/m0/s1. The number of carbonyl (C=O) groups excluding carboxylic acids is 1. The van der Waals surface area contributed by atoms with Crippen molar-refractivity contribution in [2.24, 2.45) is 0 Å². The molecule has 0 saturated carbocycles. The fourth-order valence-corrected chi connectivity index (χ4v) is 6.51. The molecule has 214 valence electrons. The summed E-state index contributed by atoms with van der Waals surface area (Å²) in [7, 11) is -7.88. The number of nitrogens with zero attached hydrogens (tertiary/aromatic N) is 5. The summed E-state index contributed by atoms with van der Waals surface area (Å²) >= 11 is 0. The van der Waals surface area contributed by atoms with Crippen LogP contribution in [0.25, 0.3) is 11.3 Å². The summed E-state index contributed by atoms with van der Waals surface area (Å²) in [5.74, 6) is -0.907. The van der Waals surface area contributed by atoms with Gasteiger partial charge in [0.1, 0.15) is 30.6 Å². The minimum atomic E-state index is -4.41. The van der Waals surface area contributed by atoms with Gasteiger partial charge in [-0.3, -0.25) is 18.9 Å². The molecule has 1 unspecified atom stereocenters. The number of sulfonamides is 1. The van der Waals surface area contributed by atoms with Crippen molar-refractivity contribution in [1.29, 1.82) is 0 Å². The average Bonchev–Trinajstić information content (AvgIpc) is 3.22. The molecule has 0 radical (unpaired) electrons. The van der Waals surface area contributed by atoms with E-state index in [2.05, 4.69) is 15.0 Å². The third-order valence-corrected chi connectivity index (χ3v) is 9.05. The van der Waals surface area contributed by atoms with Gasteiger partial charge >= 0.3 is 8.25 Å². The van der Waals surface area contributed by atoms with Crippen LogP contribution in [0.5, 0.6) is 0 Å². The van der Waals surface area contributed by atoms with Crippen LogP contribution < -0.4 is 0 Å². The van der Waals surface area contributed by atoms with E-state index in [-0.39, 0.29) is 11.4 Å². The van der Waals surface area contributed by atoms with E-state index in [1.165, 1.54) is 6.92 Å². The summed E-state index contributed by atoms with van der Waals surface area (Å²) in [6.45, 7) is 4.02. The smallest absolute Gasteiger partial charge is 0.318 e. The zero-order valence-corrected chi connectivity index (χ0v) is 23.7. The van der Waals surface area contributed by atoms with E-state index in [9.17, 15) is 31.5 Å². The predicted molar refractivity (Wildman–Crippen MR) is 141 cm³/mol. The van der Waals surface area contributed by atoms with Crippen LogP contribution in [0.1, 0.15) is 30.3 Å². The number of hydrogen-bond acceptors (Lipinski definition) is 8. The third kappa shape index (κ3) is 6.42. The molecule has 1 fully saturated rings. The molecule has 15 heteroatoms. The molecule has 2 aromatic heterocycles. The van der Waals surface area contributed by atoms with Crippen LogP contribution in [-0.4, -0.2) is 68.4 Å². The van der Waals surface area contributed by atoms with Crippen molar-refractivity contribution in [3.63, 3.8) is 0 Å². The lowest BCUT2D eigenvalue weighted by atomic mass is 10.1. The van der Waals surface area contributed by atoms with Crippen molar-refractivity contribution in [2.75, 3.05) is 6.73 Å². The van der Waals surface area contributed by atoms with Gasteiger partial charge in [0.05, 0.1) is 16.6 Å². The highest BCUT2D eigenvalue weighted by atomic mass is 32.2. The van der Waals surface area contributed by atoms with Gasteiger partial charge in [0.25, 0.3) is 0 Å². The Morgan fingerprint density at radius 1 is 1.18 bits per heavy atom. The van der Waals surface area contributed by atoms with Crippen LogP contribution in [0.3, 0.4) is 0 Å². The van der Waals surface area contributed by atoms with Crippen LogP contribution in [-0.2, 0) is 30.5 Å². The number of alkyl halides is 1. The predicted octanol–water partition coefficient (Wildman–Crippen LogP) is 3.17. The molecular formula is C25H28F2N5O6PS. The molecule has 3 heterocycles. The normalized spacial score (nSPS) is 20.4. The maximum absolute atomic E-state index is 15.0. The number of carbonyl (C=O) groups is 1. The van der Waals surface area contributed by atoms with Gasteiger partial charge in [-0.15, -0.1) is 0 Å². The van der Waals surface area contributed by atoms with Gasteiger partial charge in [-0.05, 0) is 62.2 Å². The van der Waals surface area contributed by atoms with Gasteiger partial charge in [-0.25, -0.2) is 27.2 Å². The largest absolute Gasteiger partial charge is 0.326 e. The fraction of sp³-hybridized carbons (Fsp3) is 0.360. The molecule has 1 aromatic carbocycles. The van der Waals surface area contributed by atoms with Crippen molar-refractivity contribution in [1.82, 2.24) is 24.2 Å². The minimum absolute atomic E-state index is 0.158. The van der Waals surface area contributed by atoms with Gasteiger partial charge in [0.15, 0.2) is 0 Å². The summed E-state index contributed by atoms with van der Waals surface area (Å²) in [5, 5.41) is 0. The third-order valence-electron chi connectivity index (χ3n) is 6.66. The number of rotatable bonds is 9. The quantitative estimate of drug-likeness (QED) is 0.292. The summed E-state index contributed by atoms with van der Waals surface area (Å²) in [5.41, 5.74) is 2.37. The van der Waals surface area contributed by atoms with Crippen molar-refractivity contribution in [3.8, 4) is 11.3 Å². The highest BCUT2D eigenvalue weighted by Crippen LogP contribution is 2.35. The number of halogens is 2. The van der Waals surface area contributed by atoms with Crippen LogP contribution in [0.15, 0.2) is 53.8 Å². The monoisotopic (exact) mass is 595 g/mol. The lowest BCUT2D eigenvalue weighted by Crippen LogP contribution is -2.50. The Morgan fingerprint density at radius 2 is 1.82 bits per heavy atom. The zero-order chi connectivity index (χ0) is 29.2. The van der Waals surface area contributed by atoms with Gasteiger partial charge < -0.3 is 9.79 Å². The number of benzene rings is 1. The number of hydrogen-bond donors (Lipinski definition) is 1. The van der Waals surface area contributed by atoms with E-state index in [0.29, 0.717) is 28.2 Å². The molecule has 1 aliphatic rings. The Hall–Kier alpha value is -3.16. The molecule has 1 saturated heterocycles. The number of pyridine rings is 1. The number of aromatic nitrogens is 3. The van der Waals surface area contributed by atoms with Crippen LogP contribution in [0.2, 0.25) is 0 Å². The van der Waals surface area contributed by atoms with E-state index in [4.69, 9.17) is 4.52 Å². The van der Waals surface area contributed by atoms with E-state index < -0.39 is 61.4 Å². The Labute approximate surface area is 230 Å². The van der Waals surface area contributed by atoms with Crippen molar-refractivity contribution < 1.29 is 36.0 Å². The Balaban J connectivity index is 1.68. The summed E-state index contributed by atoms with van der Waals surface area (Å²) in [4.78, 5) is 36.5. The second-order valence-corrected chi connectivity index (χ2v) is 12.1. The van der Waals surface area contributed by atoms with Gasteiger partial charge in [-0.1, -0.05) is 0 Å². The maximum atomic E-state index is 15.0. The first-order valence-electron chi connectivity index (χ1n) is 12.2. The van der Waals surface area contributed by atoms with Crippen LogP contribution in [0, 0.1) is 19.7 Å². The molecule has 3 aromatic rings. The molecular weight excluding hydrogens is 567 g/mol. The van der Waals surface area contributed by atoms with Crippen molar-refractivity contribution in [3.05, 3.63) is 71.7 Å². The Kier molecular flexibility index (Phi) is 9.06. The fourth-order valence-electron chi connectivity index (χ4n) is 4.44. The molecule has 4 atom stereocenters. The van der Waals surface area contributed by atoms with E-state index in [1.54, 1.807) is 38.5 Å². The average molecular weight is 596 g/mol. The van der Waals surface area contributed by atoms with Crippen LogP contribution in [0.4, 0.5) is 8.78 Å². The van der Waals surface area contributed by atoms with E-state index >= 15 is 0 Å². The molecule has 11 nitrogen and oxygen atoms in total. The van der Waals surface area contributed by atoms with E-state index in [1.807, 2.05) is 0 Å². The molecule has 0 spiro atoms. The number of amides is 1.